The molecule has 32 heavy (non-hydrogen) atoms. The SMILES string of the molecule is CCOC(=O)c1cc(NC(=O)C2(c3ccc(F)cc3)CCOCC2)ccc1OCC(C)C. The van der Waals surface area contributed by atoms with Gasteiger partial charge in [0.15, 0.2) is 0 Å². The van der Waals surface area contributed by atoms with Crippen LogP contribution in [0, 0.1) is 11.7 Å². The zero-order chi connectivity index (χ0) is 23.1. The molecule has 0 saturated carbocycles. The number of anilines is 1. The predicted octanol–water partition coefficient (Wildman–Crippen LogP) is 4.72. The van der Waals surface area contributed by atoms with Crippen LogP contribution in [0.15, 0.2) is 42.5 Å². The fraction of sp³-hybridized carbons (Fsp3) is 0.440. The van der Waals surface area contributed by atoms with E-state index in [1.54, 1.807) is 37.3 Å². The number of benzene rings is 2. The fourth-order valence-electron chi connectivity index (χ4n) is 3.74. The third-order valence-electron chi connectivity index (χ3n) is 5.48. The highest BCUT2D eigenvalue weighted by atomic mass is 19.1. The van der Waals surface area contributed by atoms with Crippen molar-refractivity contribution < 1.29 is 28.2 Å². The van der Waals surface area contributed by atoms with Crippen molar-refractivity contribution in [1.29, 1.82) is 0 Å². The van der Waals surface area contributed by atoms with Gasteiger partial charge >= 0.3 is 5.97 Å². The van der Waals surface area contributed by atoms with Crippen molar-refractivity contribution in [1.82, 2.24) is 0 Å². The molecule has 1 aliphatic rings. The van der Waals surface area contributed by atoms with E-state index in [2.05, 4.69) is 5.32 Å². The average Bonchev–Trinajstić information content (AvgIpc) is 2.79. The van der Waals surface area contributed by atoms with E-state index >= 15 is 0 Å². The lowest BCUT2D eigenvalue weighted by atomic mass is 9.73. The Morgan fingerprint density at radius 3 is 2.44 bits per heavy atom. The first-order valence-corrected chi connectivity index (χ1v) is 10.9. The van der Waals surface area contributed by atoms with Gasteiger partial charge < -0.3 is 19.5 Å². The summed E-state index contributed by atoms with van der Waals surface area (Å²) >= 11 is 0. The molecule has 2 aromatic rings. The van der Waals surface area contributed by atoms with Gasteiger partial charge in [0.2, 0.25) is 5.91 Å². The van der Waals surface area contributed by atoms with Crippen molar-refractivity contribution in [2.75, 3.05) is 31.7 Å². The van der Waals surface area contributed by atoms with Gasteiger partial charge in [0.1, 0.15) is 17.1 Å². The van der Waals surface area contributed by atoms with Gasteiger partial charge in [-0.1, -0.05) is 26.0 Å². The molecule has 0 aromatic heterocycles. The molecule has 7 heteroatoms. The molecule has 0 radical (unpaired) electrons. The summed E-state index contributed by atoms with van der Waals surface area (Å²) < 4.78 is 29.9. The smallest absolute Gasteiger partial charge is 0.341 e. The van der Waals surface area contributed by atoms with Crippen molar-refractivity contribution in [3.63, 3.8) is 0 Å². The van der Waals surface area contributed by atoms with Gasteiger partial charge in [-0.25, -0.2) is 9.18 Å². The van der Waals surface area contributed by atoms with E-state index in [4.69, 9.17) is 14.2 Å². The minimum absolute atomic E-state index is 0.224. The Morgan fingerprint density at radius 1 is 1.12 bits per heavy atom. The Labute approximate surface area is 188 Å². The maximum Gasteiger partial charge on any atom is 0.341 e. The zero-order valence-corrected chi connectivity index (χ0v) is 18.8. The van der Waals surface area contributed by atoms with Crippen molar-refractivity contribution in [2.24, 2.45) is 5.92 Å². The second-order valence-corrected chi connectivity index (χ2v) is 8.29. The van der Waals surface area contributed by atoms with Gasteiger partial charge in [0.25, 0.3) is 0 Å². The van der Waals surface area contributed by atoms with Gasteiger partial charge in [0, 0.05) is 18.9 Å². The molecule has 1 saturated heterocycles. The second-order valence-electron chi connectivity index (χ2n) is 8.29. The molecule has 1 fully saturated rings. The highest BCUT2D eigenvalue weighted by molar-refractivity contribution is 6.01. The minimum atomic E-state index is -0.844. The van der Waals surface area contributed by atoms with Crippen molar-refractivity contribution >= 4 is 17.6 Å². The van der Waals surface area contributed by atoms with Crippen LogP contribution in [0.1, 0.15) is 49.5 Å². The van der Waals surface area contributed by atoms with E-state index in [9.17, 15) is 14.0 Å². The van der Waals surface area contributed by atoms with E-state index in [-0.39, 0.29) is 29.8 Å². The lowest BCUT2D eigenvalue weighted by Crippen LogP contribution is -2.44. The van der Waals surface area contributed by atoms with Crippen LogP contribution in [-0.2, 0) is 19.7 Å². The summed E-state index contributed by atoms with van der Waals surface area (Å²) in [6.07, 6.45) is 0.954. The number of esters is 1. The van der Waals surface area contributed by atoms with Crippen LogP contribution in [-0.4, -0.2) is 38.3 Å². The summed E-state index contributed by atoms with van der Waals surface area (Å²) in [7, 11) is 0. The van der Waals surface area contributed by atoms with Crippen LogP contribution >= 0.6 is 0 Å². The lowest BCUT2D eigenvalue weighted by Gasteiger charge is -2.36. The Kier molecular flexibility index (Phi) is 7.85. The van der Waals surface area contributed by atoms with Crippen LogP contribution in [0.4, 0.5) is 10.1 Å². The number of nitrogens with one attached hydrogen (secondary N) is 1. The van der Waals surface area contributed by atoms with Gasteiger partial charge in [0.05, 0.1) is 18.6 Å². The molecule has 6 nitrogen and oxygen atoms in total. The number of carbonyl (C=O) groups is 2. The molecule has 2 aromatic carbocycles. The monoisotopic (exact) mass is 443 g/mol. The third kappa shape index (κ3) is 5.46. The summed E-state index contributed by atoms with van der Waals surface area (Å²) in [5.74, 6) is -0.393. The molecule has 1 N–H and O–H groups in total. The summed E-state index contributed by atoms with van der Waals surface area (Å²) in [4.78, 5) is 26.0. The molecule has 0 unspecified atom stereocenters. The number of rotatable bonds is 8. The van der Waals surface area contributed by atoms with E-state index in [1.807, 2.05) is 13.8 Å². The van der Waals surface area contributed by atoms with Gasteiger partial charge in [-0.3, -0.25) is 4.79 Å². The third-order valence-corrected chi connectivity index (χ3v) is 5.48. The lowest BCUT2D eigenvalue weighted by molar-refractivity contribution is -0.125. The van der Waals surface area contributed by atoms with E-state index < -0.39 is 11.4 Å². The topological polar surface area (TPSA) is 73.9 Å². The molecule has 0 atom stereocenters. The molecule has 0 aliphatic carbocycles. The molecule has 1 aliphatic heterocycles. The van der Waals surface area contributed by atoms with Crippen molar-refractivity contribution in [3.05, 3.63) is 59.4 Å². The maximum atomic E-state index is 13.5. The van der Waals surface area contributed by atoms with E-state index in [0.29, 0.717) is 44.1 Å². The Morgan fingerprint density at radius 2 is 1.81 bits per heavy atom. The zero-order valence-electron chi connectivity index (χ0n) is 18.8. The fourth-order valence-corrected chi connectivity index (χ4v) is 3.74. The number of amides is 1. The van der Waals surface area contributed by atoms with Crippen molar-refractivity contribution in [2.45, 2.75) is 39.0 Å². The first-order valence-electron chi connectivity index (χ1n) is 10.9. The minimum Gasteiger partial charge on any atom is -0.492 e. The van der Waals surface area contributed by atoms with Crippen LogP contribution < -0.4 is 10.1 Å². The van der Waals surface area contributed by atoms with Crippen molar-refractivity contribution in [3.8, 4) is 5.75 Å². The highest BCUT2D eigenvalue weighted by Crippen LogP contribution is 2.37. The number of carbonyl (C=O) groups excluding carboxylic acids is 2. The second kappa shape index (κ2) is 10.6. The summed E-state index contributed by atoms with van der Waals surface area (Å²) in [5.41, 5.74) is 0.612. The highest BCUT2D eigenvalue weighted by Gasteiger charge is 2.41. The molecule has 0 bridgehead atoms. The normalized spacial score (nSPS) is 15.3. The van der Waals surface area contributed by atoms with Gasteiger partial charge in [-0.2, -0.15) is 0 Å². The Bertz CT molecular complexity index is 936. The number of halogens is 1. The van der Waals surface area contributed by atoms with E-state index in [1.165, 1.54) is 12.1 Å². The molecule has 0 spiro atoms. The maximum absolute atomic E-state index is 13.5. The first kappa shape index (κ1) is 23.7. The van der Waals surface area contributed by atoms with Crippen LogP contribution in [0.25, 0.3) is 0 Å². The summed E-state index contributed by atoms with van der Waals surface area (Å²) in [5, 5.41) is 2.94. The molecule has 1 heterocycles. The van der Waals surface area contributed by atoms with Crippen LogP contribution in [0.2, 0.25) is 0 Å². The number of ether oxygens (including phenoxy) is 3. The molecular weight excluding hydrogens is 413 g/mol. The van der Waals surface area contributed by atoms with Gasteiger partial charge in [-0.05, 0) is 61.6 Å². The molecule has 172 valence electrons. The number of hydrogen-bond acceptors (Lipinski definition) is 5. The molecule has 1 amide bonds. The summed E-state index contributed by atoms with van der Waals surface area (Å²) in [6.45, 7) is 7.30. The summed E-state index contributed by atoms with van der Waals surface area (Å²) in [6, 6.07) is 11.0. The standard InChI is InChI=1S/C25H30FNO5/c1-4-31-23(28)21-15-20(9-10-22(21)32-16-17(2)3)27-24(29)25(11-13-30-14-12-25)18-5-7-19(26)8-6-18/h5-10,15,17H,4,11-14,16H2,1-3H3,(H,27,29). The number of hydrogen-bond donors (Lipinski definition) is 1. The molecular formula is C25H30FNO5. The average molecular weight is 444 g/mol. The first-order chi connectivity index (χ1) is 15.4. The van der Waals surface area contributed by atoms with Crippen LogP contribution in [0.5, 0.6) is 5.75 Å². The Balaban J connectivity index is 1.89. The van der Waals surface area contributed by atoms with Crippen LogP contribution in [0.3, 0.4) is 0 Å². The quantitative estimate of drug-likeness (QED) is 0.598. The van der Waals surface area contributed by atoms with E-state index in [0.717, 1.165) is 5.56 Å². The molecule has 3 rings (SSSR count). The predicted molar refractivity (Wildman–Crippen MR) is 119 cm³/mol. The Hall–Kier alpha value is -2.93. The largest absolute Gasteiger partial charge is 0.492 e. The van der Waals surface area contributed by atoms with Gasteiger partial charge in [-0.15, -0.1) is 0 Å².